The third-order valence-electron chi connectivity index (χ3n) is 8.17. The van der Waals surface area contributed by atoms with Crippen LogP contribution >= 0.6 is 0 Å². The topological polar surface area (TPSA) is 52.6 Å². The van der Waals surface area contributed by atoms with Crippen molar-refractivity contribution in [1.82, 2.24) is 0 Å². The van der Waals surface area contributed by atoms with Gasteiger partial charge in [0.1, 0.15) is 0 Å². The molecule has 0 heterocycles. The summed E-state index contributed by atoms with van der Waals surface area (Å²) < 4.78 is 10.9. The van der Waals surface area contributed by atoms with E-state index in [2.05, 4.69) is 24.3 Å². The van der Waals surface area contributed by atoms with E-state index >= 15 is 0 Å². The highest BCUT2D eigenvalue weighted by atomic mass is 16.5. The van der Waals surface area contributed by atoms with Crippen molar-refractivity contribution in [3.63, 3.8) is 0 Å². The number of carbonyl (C=O) groups is 2. The van der Waals surface area contributed by atoms with Gasteiger partial charge in [0.2, 0.25) is 0 Å². The molecule has 39 heavy (non-hydrogen) atoms. The molecule has 4 aromatic carbocycles. The van der Waals surface area contributed by atoms with E-state index in [-0.39, 0.29) is 0 Å². The fraction of sp³-hybridized carbons (Fsp3) is 0.143. The summed E-state index contributed by atoms with van der Waals surface area (Å²) in [6, 6.07) is 40.3. The summed E-state index contributed by atoms with van der Waals surface area (Å²) in [5.41, 5.74) is 4.58. The van der Waals surface area contributed by atoms with Crippen molar-refractivity contribution in [1.29, 1.82) is 0 Å². The van der Waals surface area contributed by atoms with Crippen molar-refractivity contribution in [3.8, 4) is 0 Å². The van der Waals surface area contributed by atoms with E-state index in [9.17, 15) is 9.59 Å². The van der Waals surface area contributed by atoms with Gasteiger partial charge in [0, 0.05) is 0 Å². The van der Waals surface area contributed by atoms with Gasteiger partial charge in [-0.3, -0.25) is 0 Å². The zero-order valence-electron chi connectivity index (χ0n) is 21.9. The normalized spacial score (nSPS) is 21.7. The van der Waals surface area contributed by atoms with Crippen molar-refractivity contribution in [2.24, 2.45) is 0 Å². The smallest absolute Gasteiger partial charge is 0.335 e. The van der Waals surface area contributed by atoms with Gasteiger partial charge >= 0.3 is 11.9 Å². The molecule has 2 unspecified atom stereocenters. The molecule has 0 fully saturated rings. The average molecular weight is 513 g/mol. The zero-order valence-corrected chi connectivity index (χ0v) is 21.9. The Morgan fingerprint density at radius 1 is 0.513 bits per heavy atom. The van der Waals surface area contributed by atoms with E-state index in [1.54, 1.807) is 0 Å². The number of rotatable bonds is 6. The number of allylic oxidation sites excluding steroid dienone is 2. The summed E-state index contributed by atoms with van der Waals surface area (Å²) in [5, 5.41) is 0. The first-order valence-electron chi connectivity index (χ1n) is 13.0. The lowest BCUT2D eigenvalue weighted by molar-refractivity contribution is -0.139. The van der Waals surface area contributed by atoms with Crippen LogP contribution in [-0.4, -0.2) is 26.2 Å². The highest BCUT2D eigenvalue weighted by Gasteiger charge is 2.68. The van der Waals surface area contributed by atoms with Crippen LogP contribution in [0.2, 0.25) is 0 Å². The molecule has 0 N–H and O–H groups in total. The van der Waals surface area contributed by atoms with E-state index in [0.29, 0.717) is 17.6 Å². The van der Waals surface area contributed by atoms with Crippen molar-refractivity contribution >= 4 is 23.1 Å². The highest BCUT2D eigenvalue weighted by Crippen LogP contribution is 2.72. The van der Waals surface area contributed by atoms with Gasteiger partial charge in [-0.1, -0.05) is 121 Å². The van der Waals surface area contributed by atoms with Crippen LogP contribution in [-0.2, 0) is 29.9 Å². The third-order valence-corrected chi connectivity index (χ3v) is 8.17. The van der Waals surface area contributed by atoms with E-state index < -0.39 is 22.8 Å². The van der Waals surface area contributed by atoms with Crippen LogP contribution in [0.5, 0.6) is 0 Å². The Hall–Kier alpha value is -4.70. The maximum absolute atomic E-state index is 13.9. The summed E-state index contributed by atoms with van der Waals surface area (Å²) in [4.78, 5) is 27.8. The quantitative estimate of drug-likeness (QED) is 0.276. The number of fused-ring (bicyclic) bond motifs is 2. The van der Waals surface area contributed by atoms with Gasteiger partial charge in [-0.05, 0) is 39.8 Å². The summed E-state index contributed by atoms with van der Waals surface area (Å²) in [6.45, 7) is 0. The van der Waals surface area contributed by atoms with E-state index in [0.717, 1.165) is 33.4 Å². The lowest BCUT2D eigenvalue weighted by atomic mass is 9.65. The molecule has 192 valence electrons. The standard InChI is InChI=1S/C35H28O4/c1-38-32(36)30-31(33(37)39-2)35(27-21-13-6-14-22-27)23-34(30,26-19-11-5-12-20-26)28(24-15-7-3-8-16-24)29(35)25-17-9-4-10-18-25/h3-22H,23H2,1-2H3. The predicted molar refractivity (Wildman–Crippen MR) is 152 cm³/mol. The van der Waals surface area contributed by atoms with Crippen LogP contribution in [0.4, 0.5) is 0 Å². The van der Waals surface area contributed by atoms with Crippen molar-refractivity contribution in [2.75, 3.05) is 14.2 Å². The Labute approximate surface area is 228 Å². The fourth-order valence-corrected chi connectivity index (χ4v) is 6.83. The van der Waals surface area contributed by atoms with Crippen LogP contribution in [0.15, 0.2) is 132 Å². The van der Waals surface area contributed by atoms with Gasteiger partial charge < -0.3 is 9.47 Å². The number of ether oxygens (including phenoxy) is 2. The highest BCUT2D eigenvalue weighted by molar-refractivity contribution is 6.20. The largest absolute Gasteiger partial charge is 0.466 e. The summed E-state index contributed by atoms with van der Waals surface area (Å²) >= 11 is 0. The summed E-state index contributed by atoms with van der Waals surface area (Å²) in [7, 11) is 2.74. The Balaban J connectivity index is 1.88. The Kier molecular flexibility index (Phi) is 6.03. The molecule has 6 rings (SSSR count). The minimum absolute atomic E-state index is 0.338. The van der Waals surface area contributed by atoms with E-state index in [4.69, 9.17) is 9.47 Å². The molecule has 2 atom stereocenters. The number of hydrogen-bond donors (Lipinski definition) is 0. The summed E-state index contributed by atoms with van der Waals surface area (Å²) in [6.07, 6.45) is 0.456. The molecule has 0 radical (unpaired) electrons. The minimum atomic E-state index is -0.958. The van der Waals surface area contributed by atoms with Gasteiger partial charge in [0.15, 0.2) is 0 Å². The molecule has 2 aliphatic rings. The monoisotopic (exact) mass is 512 g/mol. The lowest BCUT2D eigenvalue weighted by Gasteiger charge is -2.37. The number of esters is 2. The molecule has 2 bridgehead atoms. The number of carbonyl (C=O) groups excluding carboxylic acids is 2. The van der Waals surface area contributed by atoms with Crippen molar-refractivity contribution < 1.29 is 19.1 Å². The van der Waals surface area contributed by atoms with Crippen molar-refractivity contribution in [2.45, 2.75) is 17.3 Å². The Morgan fingerprint density at radius 3 is 1.13 bits per heavy atom. The van der Waals surface area contributed by atoms with Crippen LogP contribution in [0.1, 0.15) is 28.7 Å². The van der Waals surface area contributed by atoms with Gasteiger partial charge in [-0.15, -0.1) is 0 Å². The van der Waals surface area contributed by atoms with Crippen LogP contribution in [0.25, 0.3) is 11.1 Å². The molecule has 0 saturated heterocycles. The minimum Gasteiger partial charge on any atom is -0.466 e. The average Bonchev–Trinajstić information content (AvgIpc) is 3.51. The molecule has 4 heteroatoms. The molecule has 0 saturated carbocycles. The maximum Gasteiger partial charge on any atom is 0.335 e. The van der Waals surface area contributed by atoms with Crippen LogP contribution in [0.3, 0.4) is 0 Å². The predicted octanol–water partition coefficient (Wildman–Crippen LogP) is 6.53. The Morgan fingerprint density at radius 2 is 0.821 bits per heavy atom. The van der Waals surface area contributed by atoms with Gasteiger partial charge in [-0.25, -0.2) is 9.59 Å². The fourth-order valence-electron chi connectivity index (χ4n) is 6.83. The first kappa shape index (κ1) is 24.6. The molecule has 2 aliphatic carbocycles. The van der Waals surface area contributed by atoms with Gasteiger partial charge in [0.05, 0.1) is 36.2 Å². The molecule has 4 aromatic rings. The van der Waals surface area contributed by atoms with Crippen LogP contribution in [0, 0.1) is 0 Å². The van der Waals surface area contributed by atoms with E-state index in [1.807, 2.05) is 97.1 Å². The molecular weight excluding hydrogens is 484 g/mol. The number of hydrogen-bond acceptors (Lipinski definition) is 4. The number of methoxy groups -OCH3 is 2. The van der Waals surface area contributed by atoms with E-state index in [1.165, 1.54) is 14.2 Å². The zero-order chi connectivity index (χ0) is 27.0. The first-order chi connectivity index (χ1) is 19.1. The molecule has 0 aliphatic heterocycles. The molecule has 4 nitrogen and oxygen atoms in total. The summed E-state index contributed by atoms with van der Waals surface area (Å²) in [5.74, 6) is -1.06. The second-order valence-electron chi connectivity index (χ2n) is 9.93. The maximum atomic E-state index is 13.9. The first-order valence-corrected chi connectivity index (χ1v) is 13.0. The van der Waals surface area contributed by atoms with Gasteiger partial charge in [0.25, 0.3) is 0 Å². The molecule has 0 spiro atoms. The molecule has 0 aromatic heterocycles. The SMILES string of the molecule is COC(=O)C1=C(C(=O)OC)C2(c3ccccc3)CC1(c1ccccc1)C(c1ccccc1)=C2c1ccccc1. The second kappa shape index (κ2) is 9.55. The number of benzene rings is 4. The third kappa shape index (κ3) is 3.45. The Bertz CT molecular complexity index is 1480. The molecular formula is C35H28O4. The van der Waals surface area contributed by atoms with Crippen molar-refractivity contribution in [3.05, 3.63) is 155 Å². The second-order valence-corrected chi connectivity index (χ2v) is 9.93. The lowest BCUT2D eigenvalue weighted by Crippen LogP contribution is -2.34. The van der Waals surface area contributed by atoms with Gasteiger partial charge in [-0.2, -0.15) is 0 Å². The van der Waals surface area contributed by atoms with Crippen LogP contribution < -0.4 is 0 Å². The molecule has 0 amide bonds.